The first kappa shape index (κ1) is 18.1. The Balaban J connectivity index is 1.73. The number of carbonyl (C=O) groups is 1. The van der Waals surface area contributed by atoms with E-state index in [0.717, 1.165) is 0 Å². The number of hydroxylamine groups is 2. The lowest BCUT2D eigenvalue weighted by Crippen LogP contribution is -2.46. The fourth-order valence-electron chi connectivity index (χ4n) is 2.35. The molecule has 1 amide bonds. The number of nitrogens with one attached hydrogen (secondary N) is 1. The molecular weight excluding hydrogens is 358 g/mol. The highest BCUT2D eigenvalue weighted by Gasteiger charge is 2.29. The van der Waals surface area contributed by atoms with Crippen LogP contribution >= 0.6 is 0 Å². The van der Waals surface area contributed by atoms with E-state index in [2.05, 4.69) is 9.71 Å². The highest BCUT2D eigenvalue weighted by Crippen LogP contribution is 2.21. The maximum Gasteiger partial charge on any atom is 0.264 e. The van der Waals surface area contributed by atoms with Crippen molar-refractivity contribution in [1.29, 1.82) is 0 Å². The molecule has 136 valence electrons. The fraction of sp³-hybridized carbons (Fsp3) is 0.176. The summed E-state index contributed by atoms with van der Waals surface area (Å²) in [5.41, 5.74) is 0. The van der Waals surface area contributed by atoms with Gasteiger partial charge in [0.25, 0.3) is 5.91 Å². The molecule has 0 radical (unpaired) electrons. The topological polar surface area (TPSA) is 109 Å². The van der Waals surface area contributed by atoms with Gasteiger partial charge in [0.05, 0.1) is 11.4 Å². The lowest BCUT2D eigenvalue weighted by atomic mass is 10.2. The Kier molecular flexibility index (Phi) is 5.31. The third-order valence-electron chi connectivity index (χ3n) is 3.66. The lowest BCUT2D eigenvalue weighted by Gasteiger charge is -2.19. The number of pyridine rings is 1. The van der Waals surface area contributed by atoms with Crippen LogP contribution in [-0.2, 0) is 14.8 Å². The van der Waals surface area contributed by atoms with Crippen LogP contribution in [0.5, 0.6) is 11.6 Å². The molecule has 1 aromatic heterocycles. The summed E-state index contributed by atoms with van der Waals surface area (Å²) in [7, 11) is -3.94. The van der Waals surface area contributed by atoms with Gasteiger partial charge in [-0.1, -0.05) is 18.2 Å². The third-order valence-corrected chi connectivity index (χ3v) is 5.15. The third kappa shape index (κ3) is 4.26. The molecule has 0 saturated carbocycles. The van der Waals surface area contributed by atoms with Crippen molar-refractivity contribution >= 4 is 15.9 Å². The molecule has 0 spiro atoms. The molecular formula is C17H17N3O5S. The van der Waals surface area contributed by atoms with E-state index in [1.165, 1.54) is 24.3 Å². The van der Waals surface area contributed by atoms with Gasteiger partial charge in [-0.15, -0.1) is 0 Å². The molecule has 0 bridgehead atoms. The zero-order valence-corrected chi connectivity index (χ0v) is 14.5. The number of sulfonamides is 1. The fourth-order valence-corrected chi connectivity index (χ4v) is 3.55. The number of hydrogen-bond acceptors (Lipinski definition) is 6. The summed E-state index contributed by atoms with van der Waals surface area (Å²) < 4.78 is 32.8. The number of rotatable bonds is 5. The van der Waals surface area contributed by atoms with Gasteiger partial charge in [-0.25, -0.2) is 18.5 Å². The summed E-state index contributed by atoms with van der Waals surface area (Å²) >= 11 is 0. The van der Waals surface area contributed by atoms with E-state index >= 15 is 0 Å². The van der Waals surface area contributed by atoms with Gasteiger partial charge >= 0.3 is 0 Å². The largest absolute Gasteiger partial charge is 0.439 e. The molecule has 2 aromatic rings. The molecule has 2 N–H and O–H groups in total. The zero-order valence-electron chi connectivity index (χ0n) is 13.6. The number of carbonyl (C=O) groups excluding carboxylic acids is 1. The minimum atomic E-state index is -3.94. The molecule has 3 rings (SSSR count). The SMILES string of the molecule is O=C1C(NS(=O)(=O)c2ccc(Oc3ccccn3)cc2)CC=CCN1O. The van der Waals surface area contributed by atoms with E-state index in [1.54, 1.807) is 36.5 Å². The normalized spacial score (nSPS) is 17.8. The summed E-state index contributed by atoms with van der Waals surface area (Å²) in [6.07, 6.45) is 4.98. The van der Waals surface area contributed by atoms with Crippen molar-refractivity contribution in [3.05, 3.63) is 60.8 Å². The molecule has 0 aliphatic carbocycles. The van der Waals surface area contributed by atoms with Crippen molar-refractivity contribution in [2.75, 3.05) is 6.54 Å². The Morgan fingerprint density at radius 2 is 1.92 bits per heavy atom. The summed E-state index contributed by atoms with van der Waals surface area (Å²) in [5, 5.41) is 10.0. The van der Waals surface area contributed by atoms with Crippen LogP contribution in [-0.4, -0.2) is 42.2 Å². The quantitative estimate of drug-likeness (QED) is 0.608. The van der Waals surface area contributed by atoms with Crippen LogP contribution in [0.2, 0.25) is 0 Å². The molecule has 0 saturated heterocycles. The first-order valence-electron chi connectivity index (χ1n) is 7.82. The maximum absolute atomic E-state index is 12.5. The van der Waals surface area contributed by atoms with Crippen LogP contribution in [0.15, 0.2) is 65.7 Å². The van der Waals surface area contributed by atoms with Gasteiger partial charge in [-0.2, -0.15) is 4.72 Å². The monoisotopic (exact) mass is 375 g/mol. The van der Waals surface area contributed by atoms with Crippen LogP contribution < -0.4 is 9.46 Å². The van der Waals surface area contributed by atoms with Crippen molar-refractivity contribution < 1.29 is 23.2 Å². The van der Waals surface area contributed by atoms with Gasteiger partial charge in [0.2, 0.25) is 15.9 Å². The van der Waals surface area contributed by atoms with Gasteiger partial charge in [0, 0.05) is 12.3 Å². The van der Waals surface area contributed by atoms with Crippen molar-refractivity contribution in [3.8, 4) is 11.6 Å². The Hall–Kier alpha value is -2.75. The molecule has 2 heterocycles. The number of ether oxygens (including phenoxy) is 1. The van der Waals surface area contributed by atoms with Crippen molar-refractivity contribution in [2.24, 2.45) is 0 Å². The van der Waals surface area contributed by atoms with Gasteiger partial charge in [0.15, 0.2) is 0 Å². The second-order valence-electron chi connectivity index (χ2n) is 5.54. The number of benzene rings is 1. The molecule has 9 heteroatoms. The van der Waals surface area contributed by atoms with Crippen molar-refractivity contribution in [2.45, 2.75) is 17.4 Å². The average molecular weight is 375 g/mol. The van der Waals surface area contributed by atoms with Crippen LogP contribution in [0.4, 0.5) is 0 Å². The number of nitrogens with zero attached hydrogens (tertiary/aromatic N) is 2. The number of aromatic nitrogens is 1. The van der Waals surface area contributed by atoms with E-state index in [0.29, 0.717) is 16.7 Å². The van der Waals surface area contributed by atoms with Gasteiger partial charge in [-0.05, 0) is 36.8 Å². The molecule has 1 aliphatic rings. The number of hydrogen-bond donors (Lipinski definition) is 2. The number of amides is 1. The molecule has 1 atom stereocenters. The summed E-state index contributed by atoms with van der Waals surface area (Å²) in [4.78, 5) is 16.0. The van der Waals surface area contributed by atoms with E-state index in [-0.39, 0.29) is 17.9 Å². The predicted molar refractivity (Wildman–Crippen MR) is 92.1 cm³/mol. The summed E-state index contributed by atoms with van der Waals surface area (Å²) in [6.45, 7) is 0.0244. The smallest absolute Gasteiger partial charge is 0.264 e. The molecule has 0 fully saturated rings. The minimum absolute atomic E-state index is 0.0172. The Labute approximate surface area is 150 Å². The van der Waals surface area contributed by atoms with Crippen LogP contribution in [0.25, 0.3) is 0 Å². The second kappa shape index (κ2) is 7.65. The summed E-state index contributed by atoms with van der Waals surface area (Å²) in [5.74, 6) is 0.117. The highest BCUT2D eigenvalue weighted by molar-refractivity contribution is 7.89. The van der Waals surface area contributed by atoms with Gasteiger partial charge in [-0.3, -0.25) is 10.0 Å². The zero-order chi connectivity index (χ0) is 18.6. The molecule has 26 heavy (non-hydrogen) atoms. The first-order valence-corrected chi connectivity index (χ1v) is 9.30. The standard InChI is InChI=1S/C17H17N3O5S/c21-17-15(5-2-4-12-20(17)22)19-26(23,24)14-9-7-13(8-10-14)25-16-6-1-3-11-18-16/h1-4,6-11,15,19,22H,5,12H2. The first-order chi connectivity index (χ1) is 12.5. The molecule has 8 nitrogen and oxygen atoms in total. The van der Waals surface area contributed by atoms with E-state index in [4.69, 9.17) is 4.74 Å². The molecule has 1 aliphatic heterocycles. The van der Waals surface area contributed by atoms with Crippen LogP contribution in [0, 0.1) is 0 Å². The summed E-state index contributed by atoms with van der Waals surface area (Å²) in [6, 6.07) is 9.88. The Morgan fingerprint density at radius 1 is 1.15 bits per heavy atom. The second-order valence-corrected chi connectivity index (χ2v) is 7.26. The van der Waals surface area contributed by atoms with Crippen LogP contribution in [0.3, 0.4) is 0 Å². The molecule has 1 aromatic carbocycles. The van der Waals surface area contributed by atoms with Gasteiger partial charge < -0.3 is 4.74 Å². The van der Waals surface area contributed by atoms with Crippen LogP contribution in [0.1, 0.15) is 6.42 Å². The Morgan fingerprint density at radius 3 is 2.62 bits per heavy atom. The lowest BCUT2D eigenvalue weighted by molar-refractivity contribution is -0.164. The highest BCUT2D eigenvalue weighted by atomic mass is 32.2. The van der Waals surface area contributed by atoms with Crippen molar-refractivity contribution in [1.82, 2.24) is 14.8 Å². The predicted octanol–water partition coefficient (Wildman–Crippen LogP) is 1.70. The van der Waals surface area contributed by atoms with Crippen molar-refractivity contribution in [3.63, 3.8) is 0 Å². The van der Waals surface area contributed by atoms with E-state index < -0.39 is 22.0 Å². The molecule has 1 unspecified atom stereocenters. The average Bonchev–Trinajstić information content (AvgIpc) is 2.78. The van der Waals surface area contributed by atoms with E-state index in [1.807, 2.05) is 0 Å². The Bertz CT molecular complexity index is 898. The van der Waals surface area contributed by atoms with E-state index in [9.17, 15) is 18.4 Å². The minimum Gasteiger partial charge on any atom is -0.439 e. The van der Waals surface area contributed by atoms with Gasteiger partial charge in [0.1, 0.15) is 11.8 Å². The maximum atomic E-state index is 12.5.